The Morgan fingerprint density at radius 1 is 1.43 bits per heavy atom. The number of nitrogens with zero attached hydrogens (tertiary/aromatic N) is 4. The maximum atomic E-state index is 12.4. The highest BCUT2D eigenvalue weighted by Gasteiger charge is 2.29. The van der Waals surface area contributed by atoms with E-state index in [1.807, 2.05) is 25.1 Å². The molecule has 0 aliphatic carbocycles. The molecule has 2 aromatic rings. The molecular weight excluding hydrogens is 268 g/mol. The molecule has 7 nitrogen and oxygen atoms in total. The Hall–Kier alpha value is -2.28. The molecule has 1 aliphatic rings. The minimum atomic E-state index is 0.0149. The number of anilines is 1. The van der Waals surface area contributed by atoms with Crippen LogP contribution in [0, 0.1) is 18.8 Å². The molecule has 0 radical (unpaired) electrons. The largest absolute Gasteiger partial charge is 0.325 e. The number of aromatic nitrogens is 4. The van der Waals surface area contributed by atoms with Crippen molar-refractivity contribution in [3.8, 4) is 5.69 Å². The first-order valence-corrected chi connectivity index (χ1v) is 7.01. The van der Waals surface area contributed by atoms with Gasteiger partial charge in [0.25, 0.3) is 0 Å². The van der Waals surface area contributed by atoms with Crippen molar-refractivity contribution in [2.45, 2.75) is 13.8 Å². The van der Waals surface area contributed by atoms with Crippen LogP contribution in [-0.4, -0.2) is 39.2 Å². The van der Waals surface area contributed by atoms with Crippen LogP contribution in [0.3, 0.4) is 0 Å². The summed E-state index contributed by atoms with van der Waals surface area (Å²) in [4.78, 5) is 12.4. The maximum absolute atomic E-state index is 12.4. The highest BCUT2D eigenvalue weighted by Crippen LogP contribution is 2.22. The average molecular weight is 286 g/mol. The zero-order chi connectivity index (χ0) is 14.8. The molecular formula is C14H18N6O. The van der Waals surface area contributed by atoms with Crippen LogP contribution in [0.5, 0.6) is 0 Å². The third kappa shape index (κ3) is 2.78. The van der Waals surface area contributed by atoms with E-state index in [-0.39, 0.29) is 11.8 Å². The molecule has 0 bridgehead atoms. The summed E-state index contributed by atoms with van der Waals surface area (Å²) in [6.07, 6.45) is 1.53. The lowest BCUT2D eigenvalue weighted by atomic mass is 9.97. The lowest BCUT2D eigenvalue weighted by molar-refractivity contribution is -0.120. The quantitative estimate of drug-likeness (QED) is 0.870. The van der Waals surface area contributed by atoms with E-state index < -0.39 is 0 Å². The van der Waals surface area contributed by atoms with E-state index in [0.717, 1.165) is 30.0 Å². The Balaban J connectivity index is 1.81. The van der Waals surface area contributed by atoms with Crippen molar-refractivity contribution in [3.63, 3.8) is 0 Å². The molecule has 2 atom stereocenters. The van der Waals surface area contributed by atoms with Gasteiger partial charge in [0, 0.05) is 12.2 Å². The van der Waals surface area contributed by atoms with Gasteiger partial charge in [0.2, 0.25) is 5.91 Å². The molecule has 0 unspecified atom stereocenters. The second-order valence-corrected chi connectivity index (χ2v) is 5.48. The molecule has 0 spiro atoms. The number of carbonyl (C=O) groups excluding carboxylic acids is 1. The zero-order valence-corrected chi connectivity index (χ0v) is 12.1. The Morgan fingerprint density at radius 2 is 2.29 bits per heavy atom. The molecule has 1 fully saturated rings. The van der Waals surface area contributed by atoms with Crippen LogP contribution in [0.25, 0.3) is 5.69 Å². The summed E-state index contributed by atoms with van der Waals surface area (Å²) in [6, 6.07) is 5.75. The number of carbonyl (C=O) groups is 1. The second-order valence-electron chi connectivity index (χ2n) is 5.48. The van der Waals surface area contributed by atoms with Gasteiger partial charge in [-0.15, -0.1) is 5.10 Å². The lowest BCUT2D eigenvalue weighted by Gasteiger charge is -2.16. The number of hydrogen-bond donors (Lipinski definition) is 2. The van der Waals surface area contributed by atoms with Crippen molar-refractivity contribution in [1.29, 1.82) is 0 Å². The van der Waals surface area contributed by atoms with E-state index in [1.54, 1.807) is 4.68 Å². The number of nitrogens with one attached hydrogen (secondary N) is 2. The van der Waals surface area contributed by atoms with Crippen molar-refractivity contribution < 1.29 is 4.79 Å². The average Bonchev–Trinajstić information content (AvgIpc) is 3.12. The molecule has 21 heavy (non-hydrogen) atoms. The van der Waals surface area contributed by atoms with Crippen molar-refractivity contribution >= 4 is 11.6 Å². The van der Waals surface area contributed by atoms with Gasteiger partial charge >= 0.3 is 0 Å². The third-order valence-electron chi connectivity index (χ3n) is 3.95. The monoisotopic (exact) mass is 286 g/mol. The summed E-state index contributed by atoms with van der Waals surface area (Å²) in [5.74, 6) is 0.429. The van der Waals surface area contributed by atoms with Crippen LogP contribution in [0.4, 0.5) is 5.69 Å². The number of aryl methyl sites for hydroxylation is 1. The lowest BCUT2D eigenvalue weighted by Crippen LogP contribution is -2.28. The van der Waals surface area contributed by atoms with Crippen LogP contribution in [-0.2, 0) is 4.79 Å². The molecule has 110 valence electrons. The second kappa shape index (κ2) is 5.61. The summed E-state index contributed by atoms with van der Waals surface area (Å²) in [6.45, 7) is 5.68. The van der Waals surface area contributed by atoms with Gasteiger partial charge in [0.05, 0.1) is 11.6 Å². The van der Waals surface area contributed by atoms with Crippen LogP contribution in [0.2, 0.25) is 0 Å². The minimum absolute atomic E-state index is 0.0149. The Bertz CT molecular complexity index is 639. The number of tetrazole rings is 1. The molecule has 1 aromatic carbocycles. The molecule has 1 aromatic heterocycles. The Labute approximate surface area is 122 Å². The first kappa shape index (κ1) is 13.7. The summed E-state index contributed by atoms with van der Waals surface area (Å²) in [5, 5.41) is 17.4. The molecule has 0 saturated carbocycles. The van der Waals surface area contributed by atoms with Gasteiger partial charge in [-0.25, -0.2) is 4.68 Å². The molecule has 1 saturated heterocycles. The van der Waals surface area contributed by atoms with Gasteiger partial charge in [0.15, 0.2) is 0 Å². The normalized spacial score (nSPS) is 21.4. The number of rotatable bonds is 3. The minimum Gasteiger partial charge on any atom is -0.325 e. The molecule has 2 heterocycles. The van der Waals surface area contributed by atoms with Crippen LogP contribution in [0.1, 0.15) is 12.5 Å². The first-order valence-electron chi connectivity index (χ1n) is 7.01. The predicted molar refractivity (Wildman–Crippen MR) is 78.0 cm³/mol. The molecule has 1 amide bonds. The summed E-state index contributed by atoms with van der Waals surface area (Å²) in [5.41, 5.74) is 2.63. The van der Waals surface area contributed by atoms with E-state index in [9.17, 15) is 4.79 Å². The van der Waals surface area contributed by atoms with Gasteiger partial charge in [-0.1, -0.05) is 13.0 Å². The zero-order valence-electron chi connectivity index (χ0n) is 12.1. The van der Waals surface area contributed by atoms with Crippen molar-refractivity contribution in [2.75, 3.05) is 18.4 Å². The fourth-order valence-electron chi connectivity index (χ4n) is 2.55. The van der Waals surface area contributed by atoms with E-state index in [2.05, 4.69) is 33.1 Å². The van der Waals surface area contributed by atoms with E-state index in [1.165, 1.54) is 6.33 Å². The molecule has 3 rings (SSSR count). The van der Waals surface area contributed by atoms with E-state index >= 15 is 0 Å². The molecule has 2 N–H and O–H groups in total. The summed E-state index contributed by atoms with van der Waals surface area (Å²) >= 11 is 0. The first-order chi connectivity index (χ1) is 10.1. The fraction of sp³-hybridized carbons (Fsp3) is 0.429. The highest BCUT2D eigenvalue weighted by molar-refractivity contribution is 5.94. The predicted octanol–water partition coefficient (Wildman–Crippen LogP) is 0.765. The van der Waals surface area contributed by atoms with E-state index in [4.69, 9.17) is 0 Å². The Kier molecular flexibility index (Phi) is 3.66. The standard InChI is InChI=1S/C14H18N6O/c1-9-3-4-11(20-8-16-18-19-20)5-13(9)17-14(21)12-7-15-6-10(12)2/h3-5,8,10,12,15H,6-7H2,1-2H3,(H,17,21)/t10-,12-/m1/s1. The van der Waals surface area contributed by atoms with Crippen LogP contribution < -0.4 is 10.6 Å². The number of hydrogen-bond acceptors (Lipinski definition) is 5. The summed E-state index contributed by atoms with van der Waals surface area (Å²) < 4.78 is 1.56. The number of amides is 1. The highest BCUT2D eigenvalue weighted by atomic mass is 16.1. The third-order valence-corrected chi connectivity index (χ3v) is 3.95. The van der Waals surface area contributed by atoms with Gasteiger partial charge in [0.1, 0.15) is 6.33 Å². The van der Waals surface area contributed by atoms with Crippen LogP contribution >= 0.6 is 0 Å². The van der Waals surface area contributed by atoms with Gasteiger partial charge in [-0.3, -0.25) is 4.79 Å². The van der Waals surface area contributed by atoms with Gasteiger partial charge in [-0.2, -0.15) is 0 Å². The van der Waals surface area contributed by atoms with Crippen LogP contribution in [0.15, 0.2) is 24.5 Å². The molecule has 7 heteroatoms. The summed E-state index contributed by atoms with van der Waals surface area (Å²) in [7, 11) is 0. The fourth-order valence-corrected chi connectivity index (χ4v) is 2.55. The Morgan fingerprint density at radius 3 is 2.95 bits per heavy atom. The van der Waals surface area contributed by atoms with Gasteiger partial charge < -0.3 is 10.6 Å². The van der Waals surface area contributed by atoms with Crippen molar-refractivity contribution in [3.05, 3.63) is 30.1 Å². The number of benzene rings is 1. The molecule has 1 aliphatic heterocycles. The van der Waals surface area contributed by atoms with E-state index in [0.29, 0.717) is 5.92 Å². The van der Waals surface area contributed by atoms with Gasteiger partial charge in [-0.05, 0) is 47.5 Å². The SMILES string of the molecule is Cc1ccc(-n2cnnn2)cc1NC(=O)[C@@H]1CNC[C@H]1C. The smallest absolute Gasteiger partial charge is 0.229 e. The maximum Gasteiger partial charge on any atom is 0.229 e. The topological polar surface area (TPSA) is 84.7 Å². The van der Waals surface area contributed by atoms with Crippen molar-refractivity contribution in [2.24, 2.45) is 11.8 Å². The van der Waals surface area contributed by atoms with Crippen molar-refractivity contribution in [1.82, 2.24) is 25.5 Å².